The van der Waals surface area contributed by atoms with Crippen molar-refractivity contribution in [1.82, 2.24) is 0 Å². The summed E-state index contributed by atoms with van der Waals surface area (Å²) in [6.45, 7) is 4.39. The monoisotopic (exact) mass is 346 g/mol. The third-order valence-electron chi connectivity index (χ3n) is 5.08. The zero-order valence-electron chi connectivity index (χ0n) is 15.4. The van der Waals surface area contributed by atoms with Crippen LogP contribution in [0.25, 0.3) is 0 Å². The summed E-state index contributed by atoms with van der Waals surface area (Å²) in [6.07, 6.45) is 1.62. The van der Waals surface area contributed by atoms with Crippen LogP contribution in [-0.2, 0) is 12.8 Å². The first kappa shape index (κ1) is 18.1. The van der Waals surface area contributed by atoms with Crippen LogP contribution >= 0.6 is 0 Å². The molecule has 0 aliphatic heterocycles. The quantitative estimate of drug-likeness (QED) is 0.593. The SMILES string of the molecule is CC(Cc1ccccc1O)c1cccc(C(C)Cc2ccccc2O)c1. The molecule has 0 aromatic heterocycles. The molecule has 3 aromatic rings. The third-order valence-corrected chi connectivity index (χ3v) is 5.08. The fraction of sp³-hybridized carbons (Fsp3) is 0.250. The zero-order chi connectivity index (χ0) is 18.5. The van der Waals surface area contributed by atoms with Crippen LogP contribution in [-0.4, -0.2) is 10.2 Å². The fourth-order valence-electron chi connectivity index (χ4n) is 3.43. The molecule has 26 heavy (non-hydrogen) atoms. The number of hydrogen-bond acceptors (Lipinski definition) is 2. The molecule has 2 unspecified atom stereocenters. The van der Waals surface area contributed by atoms with Crippen molar-refractivity contribution in [3.8, 4) is 11.5 Å². The van der Waals surface area contributed by atoms with Crippen molar-refractivity contribution in [3.05, 3.63) is 95.1 Å². The molecular formula is C24H26O2. The van der Waals surface area contributed by atoms with Crippen LogP contribution < -0.4 is 0 Å². The summed E-state index contributed by atoms with van der Waals surface area (Å²) in [6, 6.07) is 23.8. The highest BCUT2D eigenvalue weighted by Gasteiger charge is 2.13. The van der Waals surface area contributed by atoms with E-state index in [0.717, 1.165) is 24.0 Å². The minimum Gasteiger partial charge on any atom is -0.508 e. The Bertz CT molecular complexity index is 801. The number of phenols is 2. The summed E-state index contributed by atoms with van der Waals surface area (Å²) < 4.78 is 0. The van der Waals surface area contributed by atoms with Crippen LogP contribution in [0.4, 0.5) is 0 Å². The minimum absolute atomic E-state index is 0.320. The Labute approximate surface area is 155 Å². The number of phenolic OH excluding ortho intramolecular Hbond substituents is 2. The van der Waals surface area contributed by atoms with E-state index in [1.807, 2.05) is 36.4 Å². The third kappa shape index (κ3) is 4.26. The highest BCUT2D eigenvalue weighted by atomic mass is 16.3. The number of aromatic hydroxyl groups is 2. The van der Waals surface area contributed by atoms with E-state index < -0.39 is 0 Å². The van der Waals surface area contributed by atoms with E-state index in [1.54, 1.807) is 12.1 Å². The lowest BCUT2D eigenvalue weighted by atomic mass is 9.88. The molecule has 0 aliphatic carbocycles. The number of hydrogen-bond donors (Lipinski definition) is 2. The number of para-hydroxylation sites is 2. The van der Waals surface area contributed by atoms with Gasteiger partial charge in [-0.05, 0) is 59.1 Å². The van der Waals surface area contributed by atoms with E-state index in [-0.39, 0.29) is 0 Å². The van der Waals surface area contributed by atoms with Gasteiger partial charge in [-0.1, -0.05) is 74.5 Å². The molecule has 0 amide bonds. The van der Waals surface area contributed by atoms with E-state index in [9.17, 15) is 10.2 Å². The van der Waals surface area contributed by atoms with E-state index in [2.05, 4.69) is 38.1 Å². The highest BCUT2D eigenvalue weighted by molar-refractivity contribution is 5.37. The summed E-state index contributed by atoms with van der Waals surface area (Å²) in [4.78, 5) is 0. The Morgan fingerprint density at radius 1 is 0.615 bits per heavy atom. The molecule has 0 bridgehead atoms. The van der Waals surface area contributed by atoms with Gasteiger partial charge in [-0.3, -0.25) is 0 Å². The standard InChI is InChI=1S/C24H26O2/c1-17(14-21-8-3-5-12-23(21)25)19-10-7-11-20(16-19)18(2)15-22-9-4-6-13-24(22)26/h3-13,16-18,25-26H,14-15H2,1-2H3. The first-order valence-corrected chi connectivity index (χ1v) is 9.18. The second kappa shape index (κ2) is 8.09. The van der Waals surface area contributed by atoms with Gasteiger partial charge < -0.3 is 10.2 Å². The molecule has 0 fully saturated rings. The maximum atomic E-state index is 10.0. The summed E-state index contributed by atoms with van der Waals surface area (Å²) in [7, 11) is 0. The Kier molecular flexibility index (Phi) is 5.62. The second-order valence-corrected chi connectivity index (χ2v) is 7.14. The molecule has 3 aromatic carbocycles. The Balaban J connectivity index is 1.75. The molecule has 2 heteroatoms. The van der Waals surface area contributed by atoms with Crippen molar-refractivity contribution in [1.29, 1.82) is 0 Å². The zero-order valence-corrected chi connectivity index (χ0v) is 15.4. The average Bonchev–Trinajstić information content (AvgIpc) is 2.65. The molecule has 0 saturated heterocycles. The number of rotatable bonds is 6. The van der Waals surface area contributed by atoms with Crippen LogP contribution in [0.5, 0.6) is 11.5 Å². The molecule has 0 saturated carbocycles. The van der Waals surface area contributed by atoms with Gasteiger partial charge in [0.1, 0.15) is 11.5 Å². The van der Waals surface area contributed by atoms with Gasteiger partial charge in [-0.15, -0.1) is 0 Å². The largest absolute Gasteiger partial charge is 0.508 e. The lowest BCUT2D eigenvalue weighted by Crippen LogP contribution is -2.03. The van der Waals surface area contributed by atoms with Crippen molar-refractivity contribution in [2.24, 2.45) is 0 Å². The molecule has 0 spiro atoms. The summed E-state index contributed by atoms with van der Waals surface area (Å²) in [5.41, 5.74) is 4.50. The van der Waals surface area contributed by atoms with Gasteiger partial charge in [0.05, 0.1) is 0 Å². The van der Waals surface area contributed by atoms with E-state index in [1.165, 1.54) is 11.1 Å². The lowest BCUT2D eigenvalue weighted by molar-refractivity contribution is 0.465. The predicted octanol–water partition coefficient (Wildman–Crippen LogP) is 5.79. The van der Waals surface area contributed by atoms with Gasteiger partial charge in [-0.2, -0.15) is 0 Å². The van der Waals surface area contributed by atoms with Crippen LogP contribution in [0.1, 0.15) is 47.9 Å². The Morgan fingerprint density at radius 2 is 1.04 bits per heavy atom. The van der Waals surface area contributed by atoms with Crippen LogP contribution in [0.3, 0.4) is 0 Å². The molecule has 2 atom stereocenters. The molecule has 0 aliphatic rings. The Morgan fingerprint density at radius 3 is 1.46 bits per heavy atom. The van der Waals surface area contributed by atoms with Crippen LogP contribution in [0.15, 0.2) is 72.8 Å². The molecule has 0 heterocycles. The molecule has 2 N–H and O–H groups in total. The van der Waals surface area contributed by atoms with Gasteiger partial charge in [0.15, 0.2) is 0 Å². The first-order valence-electron chi connectivity index (χ1n) is 9.18. The second-order valence-electron chi connectivity index (χ2n) is 7.14. The van der Waals surface area contributed by atoms with Gasteiger partial charge >= 0.3 is 0 Å². The van der Waals surface area contributed by atoms with Gasteiger partial charge in [0.25, 0.3) is 0 Å². The fourth-order valence-corrected chi connectivity index (χ4v) is 3.43. The topological polar surface area (TPSA) is 40.5 Å². The molecule has 134 valence electrons. The van der Waals surface area contributed by atoms with Crippen molar-refractivity contribution >= 4 is 0 Å². The van der Waals surface area contributed by atoms with Gasteiger partial charge in [0.2, 0.25) is 0 Å². The van der Waals surface area contributed by atoms with Gasteiger partial charge in [-0.25, -0.2) is 0 Å². The van der Waals surface area contributed by atoms with Crippen molar-refractivity contribution < 1.29 is 10.2 Å². The van der Waals surface area contributed by atoms with Crippen LogP contribution in [0.2, 0.25) is 0 Å². The summed E-state index contributed by atoms with van der Waals surface area (Å²) >= 11 is 0. The molecule has 0 radical (unpaired) electrons. The van der Waals surface area contributed by atoms with Crippen molar-refractivity contribution in [2.75, 3.05) is 0 Å². The number of benzene rings is 3. The maximum Gasteiger partial charge on any atom is 0.118 e. The van der Waals surface area contributed by atoms with E-state index in [4.69, 9.17) is 0 Å². The predicted molar refractivity (Wildman–Crippen MR) is 107 cm³/mol. The first-order chi connectivity index (χ1) is 12.5. The summed E-state index contributed by atoms with van der Waals surface area (Å²) in [5, 5.41) is 20.0. The average molecular weight is 346 g/mol. The summed E-state index contributed by atoms with van der Waals surface area (Å²) in [5.74, 6) is 1.37. The molecule has 3 rings (SSSR count). The molecule has 2 nitrogen and oxygen atoms in total. The van der Waals surface area contributed by atoms with E-state index >= 15 is 0 Å². The normalized spacial score (nSPS) is 13.3. The Hall–Kier alpha value is -2.74. The van der Waals surface area contributed by atoms with Gasteiger partial charge in [0, 0.05) is 0 Å². The van der Waals surface area contributed by atoms with Crippen molar-refractivity contribution in [3.63, 3.8) is 0 Å². The smallest absolute Gasteiger partial charge is 0.118 e. The van der Waals surface area contributed by atoms with Crippen LogP contribution in [0, 0.1) is 0 Å². The molecular weight excluding hydrogens is 320 g/mol. The minimum atomic E-state index is 0.320. The highest BCUT2D eigenvalue weighted by Crippen LogP contribution is 2.29. The lowest BCUT2D eigenvalue weighted by Gasteiger charge is -2.17. The van der Waals surface area contributed by atoms with Crippen molar-refractivity contribution in [2.45, 2.75) is 38.5 Å². The maximum absolute atomic E-state index is 10.0. The van der Waals surface area contributed by atoms with E-state index in [0.29, 0.717) is 23.3 Å².